The zero-order valence-corrected chi connectivity index (χ0v) is 18.4. The lowest BCUT2D eigenvalue weighted by Crippen LogP contribution is -2.40. The number of sulfonamides is 1. The Morgan fingerprint density at radius 3 is 2.23 bits per heavy atom. The number of aromatic nitrogens is 1. The average molecular weight is 427 g/mol. The van der Waals surface area contributed by atoms with Crippen molar-refractivity contribution in [3.8, 4) is 5.75 Å². The van der Waals surface area contributed by atoms with Crippen molar-refractivity contribution >= 4 is 15.8 Å². The Bertz CT molecular complexity index is 1170. The van der Waals surface area contributed by atoms with Crippen LogP contribution in [0.2, 0.25) is 0 Å². The molecule has 0 aliphatic carbocycles. The van der Waals surface area contributed by atoms with Gasteiger partial charge in [0.05, 0.1) is 12.8 Å². The summed E-state index contributed by atoms with van der Waals surface area (Å²) in [5.74, 6) is 0.531. The van der Waals surface area contributed by atoms with Gasteiger partial charge < -0.3 is 9.30 Å². The highest BCUT2D eigenvalue weighted by molar-refractivity contribution is 7.90. The Morgan fingerprint density at radius 2 is 1.70 bits per heavy atom. The number of carbonyl (C=O) groups excluding carboxylic acids is 1. The number of hydrogen-bond donors (Lipinski definition) is 1. The maximum atomic E-state index is 13.1. The van der Waals surface area contributed by atoms with Gasteiger partial charge in [0.2, 0.25) is 15.8 Å². The summed E-state index contributed by atoms with van der Waals surface area (Å²) in [6.07, 6.45) is 0.142. The zero-order valence-electron chi connectivity index (χ0n) is 17.5. The predicted octanol–water partition coefficient (Wildman–Crippen LogP) is 3.32. The minimum Gasteiger partial charge on any atom is -0.497 e. The molecule has 3 rings (SSSR count). The molecule has 0 fully saturated rings. The van der Waals surface area contributed by atoms with Gasteiger partial charge in [-0.3, -0.25) is 4.79 Å². The molecule has 6 nitrogen and oxygen atoms in total. The molecule has 0 aliphatic rings. The van der Waals surface area contributed by atoms with Crippen LogP contribution < -0.4 is 9.88 Å². The summed E-state index contributed by atoms with van der Waals surface area (Å²) in [5, 5.41) is 5.65. The van der Waals surface area contributed by atoms with Gasteiger partial charge in [-0.25, -0.2) is 13.6 Å². The first-order chi connectivity index (χ1) is 14.1. The Morgan fingerprint density at radius 1 is 1.10 bits per heavy atom. The fourth-order valence-electron chi connectivity index (χ4n) is 3.71. The Labute approximate surface area is 177 Å². The molecule has 3 aromatic rings. The largest absolute Gasteiger partial charge is 0.497 e. The standard InChI is InChI=1S/C23H26N2O4S/c1-16-14-19(15-23(2,30(24,27)28)18-8-6-5-7-9-18)25(3)21(16)22(26)17-10-12-20(29-4)13-11-17/h5-14H,15H2,1-4H3,(H2,24,27,28). The lowest BCUT2D eigenvalue weighted by atomic mass is 9.95. The molecule has 1 unspecified atom stereocenters. The van der Waals surface area contributed by atoms with Gasteiger partial charge >= 0.3 is 0 Å². The predicted molar refractivity (Wildman–Crippen MR) is 117 cm³/mol. The third-order valence-electron chi connectivity index (χ3n) is 5.62. The summed E-state index contributed by atoms with van der Waals surface area (Å²) >= 11 is 0. The molecule has 158 valence electrons. The van der Waals surface area contributed by atoms with Gasteiger partial charge in [-0.05, 0) is 55.3 Å². The van der Waals surface area contributed by atoms with Crippen molar-refractivity contribution in [2.75, 3.05) is 7.11 Å². The van der Waals surface area contributed by atoms with E-state index in [9.17, 15) is 13.2 Å². The minimum absolute atomic E-state index is 0.138. The second-order valence-electron chi connectivity index (χ2n) is 7.60. The van der Waals surface area contributed by atoms with Crippen molar-refractivity contribution < 1.29 is 17.9 Å². The van der Waals surface area contributed by atoms with Crippen molar-refractivity contribution in [3.05, 3.63) is 88.7 Å². The number of primary sulfonamides is 1. The average Bonchev–Trinajstić information content (AvgIpc) is 3.00. The molecule has 0 spiro atoms. The summed E-state index contributed by atoms with van der Waals surface area (Å²) in [4.78, 5) is 13.1. The maximum Gasteiger partial charge on any atom is 0.219 e. The highest BCUT2D eigenvalue weighted by Crippen LogP contribution is 2.33. The molecule has 1 heterocycles. The molecule has 0 aliphatic heterocycles. The van der Waals surface area contributed by atoms with Gasteiger partial charge in [0.15, 0.2) is 0 Å². The lowest BCUT2D eigenvalue weighted by molar-refractivity contribution is 0.103. The highest BCUT2D eigenvalue weighted by Gasteiger charge is 2.39. The van der Waals surface area contributed by atoms with E-state index in [1.165, 1.54) is 0 Å². The van der Waals surface area contributed by atoms with Crippen LogP contribution in [-0.2, 0) is 28.2 Å². The second-order valence-corrected chi connectivity index (χ2v) is 9.59. The first-order valence-electron chi connectivity index (χ1n) is 9.50. The van der Waals surface area contributed by atoms with Crippen LogP contribution in [0.1, 0.15) is 39.8 Å². The smallest absolute Gasteiger partial charge is 0.219 e. The van der Waals surface area contributed by atoms with Crippen molar-refractivity contribution in [2.45, 2.75) is 25.0 Å². The van der Waals surface area contributed by atoms with Crippen LogP contribution in [0.5, 0.6) is 5.75 Å². The van der Waals surface area contributed by atoms with Crippen molar-refractivity contribution in [2.24, 2.45) is 12.2 Å². The van der Waals surface area contributed by atoms with Crippen LogP contribution in [0.15, 0.2) is 60.7 Å². The summed E-state index contributed by atoms with van der Waals surface area (Å²) in [7, 11) is -0.588. The van der Waals surface area contributed by atoms with Crippen molar-refractivity contribution in [1.29, 1.82) is 0 Å². The SMILES string of the molecule is COc1ccc(C(=O)c2c(C)cc(CC(C)(c3ccccc3)S(N)(=O)=O)n2C)cc1. The topological polar surface area (TPSA) is 91.4 Å². The molecule has 0 saturated carbocycles. The van der Waals surface area contributed by atoms with Gasteiger partial charge in [-0.1, -0.05) is 30.3 Å². The van der Waals surface area contributed by atoms with Gasteiger partial charge in [0.1, 0.15) is 10.5 Å². The van der Waals surface area contributed by atoms with E-state index in [1.807, 2.05) is 19.1 Å². The van der Waals surface area contributed by atoms with E-state index in [0.29, 0.717) is 28.3 Å². The number of ether oxygens (including phenoxy) is 1. The van der Waals surface area contributed by atoms with Crippen LogP contribution >= 0.6 is 0 Å². The van der Waals surface area contributed by atoms with E-state index in [4.69, 9.17) is 9.88 Å². The second kappa shape index (κ2) is 8.08. The van der Waals surface area contributed by atoms with E-state index in [-0.39, 0.29) is 12.2 Å². The molecule has 7 heteroatoms. The van der Waals surface area contributed by atoms with Gasteiger partial charge in [-0.2, -0.15) is 0 Å². The Hall–Kier alpha value is -2.90. The fourth-order valence-corrected chi connectivity index (χ4v) is 4.52. The molecule has 0 saturated heterocycles. The van der Waals surface area contributed by atoms with Gasteiger partial charge in [-0.15, -0.1) is 0 Å². The van der Waals surface area contributed by atoms with Crippen LogP contribution in [0.25, 0.3) is 0 Å². The number of carbonyl (C=O) groups is 1. The molecule has 0 bridgehead atoms. The Kier molecular flexibility index (Phi) is 5.87. The number of benzene rings is 2. The first-order valence-corrected chi connectivity index (χ1v) is 11.0. The lowest BCUT2D eigenvalue weighted by Gasteiger charge is -2.28. The molecule has 1 atom stereocenters. The fraction of sp³-hybridized carbons (Fsp3) is 0.261. The maximum absolute atomic E-state index is 13.1. The molecule has 1 aromatic heterocycles. The molecule has 0 amide bonds. The monoisotopic (exact) mass is 426 g/mol. The molecular weight excluding hydrogens is 400 g/mol. The Balaban J connectivity index is 2.03. The summed E-state index contributed by atoms with van der Waals surface area (Å²) in [5.41, 5.74) is 3.14. The number of rotatable bonds is 7. The van der Waals surface area contributed by atoms with E-state index >= 15 is 0 Å². The third-order valence-corrected chi connectivity index (χ3v) is 7.26. The van der Waals surface area contributed by atoms with E-state index in [0.717, 1.165) is 5.56 Å². The number of nitrogens with two attached hydrogens (primary N) is 1. The minimum atomic E-state index is -3.93. The van der Waals surface area contributed by atoms with Crippen molar-refractivity contribution in [3.63, 3.8) is 0 Å². The summed E-state index contributed by atoms with van der Waals surface area (Å²) < 4.78 is 30.7. The van der Waals surface area contributed by atoms with Crippen LogP contribution in [0.3, 0.4) is 0 Å². The molecule has 30 heavy (non-hydrogen) atoms. The van der Waals surface area contributed by atoms with Crippen molar-refractivity contribution in [1.82, 2.24) is 4.57 Å². The zero-order chi connectivity index (χ0) is 22.1. The number of ketones is 1. The van der Waals surface area contributed by atoms with E-state index in [1.54, 1.807) is 74.2 Å². The molecule has 0 radical (unpaired) electrons. The third kappa shape index (κ3) is 3.91. The van der Waals surface area contributed by atoms with Crippen LogP contribution in [0, 0.1) is 6.92 Å². The molecule has 2 N–H and O–H groups in total. The number of aryl methyl sites for hydroxylation is 1. The number of hydrogen-bond acceptors (Lipinski definition) is 4. The number of nitrogens with zero attached hydrogens (tertiary/aromatic N) is 1. The van der Waals surface area contributed by atoms with Gasteiger partial charge in [0.25, 0.3) is 0 Å². The molecular formula is C23H26N2O4S. The normalized spacial score (nSPS) is 13.6. The van der Waals surface area contributed by atoms with E-state index < -0.39 is 14.8 Å². The summed E-state index contributed by atoms with van der Waals surface area (Å²) in [6.45, 7) is 3.46. The highest BCUT2D eigenvalue weighted by atomic mass is 32.2. The van der Waals surface area contributed by atoms with Crippen LogP contribution in [0.4, 0.5) is 0 Å². The quantitative estimate of drug-likeness (QED) is 0.587. The summed E-state index contributed by atoms with van der Waals surface area (Å²) in [6, 6.07) is 17.7. The first kappa shape index (κ1) is 21.8. The van der Waals surface area contributed by atoms with Crippen LogP contribution in [-0.4, -0.2) is 25.9 Å². The van der Waals surface area contributed by atoms with E-state index in [2.05, 4.69) is 0 Å². The number of methoxy groups -OCH3 is 1. The van der Waals surface area contributed by atoms with Gasteiger partial charge in [0, 0.05) is 24.7 Å². The molecule has 2 aromatic carbocycles.